The van der Waals surface area contributed by atoms with Gasteiger partial charge in [-0.2, -0.15) is 0 Å². The Morgan fingerprint density at radius 2 is 1.02 bits per heavy atom. The second kappa shape index (κ2) is 11.5. The molecule has 1 aliphatic rings. The number of allylic oxidation sites excluding steroid dienone is 4. The van der Waals surface area contributed by atoms with Crippen LogP contribution in [0.2, 0.25) is 0 Å². The first-order valence-corrected chi connectivity index (χ1v) is 17.0. The predicted molar refractivity (Wildman–Crippen MR) is 204 cm³/mol. The number of nitrogens with zero attached hydrogens (tertiary/aromatic N) is 6. The maximum atomic E-state index is 4.99. The van der Waals surface area contributed by atoms with Crippen molar-refractivity contribution in [2.45, 2.75) is 12.8 Å². The molecule has 1 aliphatic carbocycles. The molecule has 0 saturated carbocycles. The lowest BCUT2D eigenvalue weighted by atomic mass is 10.1. The van der Waals surface area contributed by atoms with E-state index in [0.717, 1.165) is 46.3 Å². The maximum absolute atomic E-state index is 4.99. The van der Waals surface area contributed by atoms with E-state index in [2.05, 4.69) is 94.1 Å². The fourth-order valence-electron chi connectivity index (χ4n) is 7.40. The predicted octanol–water partition coefficient (Wildman–Crippen LogP) is 10.7. The van der Waals surface area contributed by atoms with Crippen LogP contribution in [0.15, 0.2) is 158 Å². The fraction of sp³-hybridized carbons (Fsp3) is 0.0455. The molecule has 0 saturated heterocycles. The van der Waals surface area contributed by atoms with Crippen LogP contribution in [0.1, 0.15) is 12.8 Å². The fourth-order valence-corrected chi connectivity index (χ4v) is 7.40. The Morgan fingerprint density at radius 3 is 1.64 bits per heavy atom. The Kier molecular flexibility index (Phi) is 6.52. The molecule has 236 valence electrons. The first-order valence-electron chi connectivity index (χ1n) is 17.0. The molecule has 0 spiro atoms. The van der Waals surface area contributed by atoms with Crippen molar-refractivity contribution in [1.29, 1.82) is 0 Å². The lowest BCUT2D eigenvalue weighted by Gasteiger charge is -2.14. The number of fused-ring (bicyclic) bond motifs is 6. The van der Waals surface area contributed by atoms with Crippen molar-refractivity contribution in [3.05, 3.63) is 158 Å². The summed E-state index contributed by atoms with van der Waals surface area (Å²) in [6, 6.07) is 44.4. The highest BCUT2D eigenvalue weighted by atomic mass is 15.0. The number of pyridine rings is 1. The van der Waals surface area contributed by atoms with Crippen molar-refractivity contribution in [2.24, 2.45) is 0 Å². The molecule has 0 N–H and O–H groups in total. The molecule has 0 aliphatic heterocycles. The van der Waals surface area contributed by atoms with E-state index in [9.17, 15) is 0 Å². The third kappa shape index (κ3) is 4.57. The summed E-state index contributed by atoms with van der Waals surface area (Å²) >= 11 is 0. The van der Waals surface area contributed by atoms with Crippen molar-refractivity contribution in [3.63, 3.8) is 0 Å². The average molecular weight is 643 g/mol. The third-order valence-electron chi connectivity index (χ3n) is 9.68. The zero-order chi connectivity index (χ0) is 33.0. The molecule has 0 unspecified atom stereocenters. The van der Waals surface area contributed by atoms with E-state index >= 15 is 0 Å². The van der Waals surface area contributed by atoms with Gasteiger partial charge in [-0.05, 0) is 49.2 Å². The Labute approximate surface area is 288 Å². The third-order valence-corrected chi connectivity index (χ3v) is 9.68. The topological polar surface area (TPSA) is 61.4 Å². The zero-order valence-electron chi connectivity index (χ0n) is 27.1. The Bertz CT molecular complexity index is 2750. The van der Waals surface area contributed by atoms with E-state index in [1.165, 1.54) is 38.3 Å². The van der Waals surface area contributed by atoms with Gasteiger partial charge in [0.25, 0.3) is 0 Å². The molecular formula is C44H30N6. The molecule has 10 rings (SSSR count). The summed E-state index contributed by atoms with van der Waals surface area (Å²) in [7, 11) is 0. The first kappa shape index (κ1) is 28.4. The van der Waals surface area contributed by atoms with E-state index in [0.29, 0.717) is 17.5 Å². The van der Waals surface area contributed by atoms with Crippen molar-refractivity contribution < 1.29 is 0 Å². The first-order chi connectivity index (χ1) is 24.8. The number of hydrogen-bond acceptors (Lipinski definition) is 4. The van der Waals surface area contributed by atoms with Crippen LogP contribution in [0.4, 0.5) is 0 Å². The highest BCUT2D eigenvalue weighted by molar-refractivity contribution is 6.19. The van der Waals surface area contributed by atoms with Gasteiger partial charge in [0.1, 0.15) is 0 Å². The summed E-state index contributed by atoms with van der Waals surface area (Å²) in [5.74, 6) is 1.82. The van der Waals surface area contributed by atoms with Crippen LogP contribution in [-0.4, -0.2) is 29.1 Å². The van der Waals surface area contributed by atoms with Crippen LogP contribution in [0.5, 0.6) is 0 Å². The molecule has 6 heteroatoms. The molecule has 0 radical (unpaired) electrons. The summed E-state index contributed by atoms with van der Waals surface area (Å²) in [4.78, 5) is 19.6. The Morgan fingerprint density at radius 1 is 0.460 bits per heavy atom. The summed E-state index contributed by atoms with van der Waals surface area (Å²) in [6.45, 7) is 0. The van der Waals surface area contributed by atoms with E-state index in [1.54, 1.807) is 0 Å². The largest absolute Gasteiger partial charge is 0.313 e. The quantitative estimate of drug-likeness (QED) is 0.187. The molecule has 6 nitrogen and oxygen atoms in total. The minimum atomic E-state index is 0.577. The van der Waals surface area contributed by atoms with Gasteiger partial charge in [0.15, 0.2) is 17.5 Å². The van der Waals surface area contributed by atoms with Gasteiger partial charge in [-0.3, -0.25) is 4.98 Å². The molecule has 0 amide bonds. The van der Waals surface area contributed by atoms with Crippen LogP contribution >= 0.6 is 0 Å². The summed E-state index contributed by atoms with van der Waals surface area (Å²) in [5.41, 5.74) is 9.61. The van der Waals surface area contributed by atoms with Crippen LogP contribution in [0.25, 0.3) is 89.2 Å². The molecule has 0 atom stereocenters. The van der Waals surface area contributed by atoms with Crippen molar-refractivity contribution >= 4 is 49.3 Å². The molecule has 0 fully saturated rings. The second-order valence-electron chi connectivity index (χ2n) is 12.7. The van der Waals surface area contributed by atoms with Gasteiger partial charge in [0.05, 0.1) is 34.0 Å². The molecular weight excluding hydrogens is 613 g/mol. The van der Waals surface area contributed by atoms with Gasteiger partial charge < -0.3 is 9.13 Å². The van der Waals surface area contributed by atoms with Crippen LogP contribution in [0, 0.1) is 0 Å². The number of para-hydroxylation sites is 2. The van der Waals surface area contributed by atoms with Gasteiger partial charge in [-0.25, -0.2) is 15.0 Å². The molecule has 50 heavy (non-hydrogen) atoms. The number of rotatable bonds is 5. The van der Waals surface area contributed by atoms with E-state index in [4.69, 9.17) is 19.9 Å². The highest BCUT2D eigenvalue weighted by Gasteiger charge is 2.20. The SMILES string of the molecule is C1=CCCC(n2c3ccccc3c3cc4c5ccccc5n(-c5cncc(-c6nc(-c7ccccc7)nc(-c7ccccc7)n6)c5)c4cc32)=C1. The van der Waals surface area contributed by atoms with E-state index in [1.807, 2.05) is 73.1 Å². The van der Waals surface area contributed by atoms with Crippen LogP contribution in [-0.2, 0) is 0 Å². The number of benzene rings is 5. The standard InChI is InChI=1S/C44H30N6/c1-4-14-29(15-5-1)42-46-43(30-16-6-2-7-17-30)48-44(47-42)31-24-33(28-45-27-31)50-39-23-13-11-21-35(39)37-25-36-34-20-10-12-22-38(34)49(40(36)26-41(37)50)32-18-8-3-9-19-32/h1-8,10-18,20-28H,9,19H2. The van der Waals surface area contributed by atoms with Crippen molar-refractivity contribution in [1.82, 2.24) is 29.1 Å². The molecule has 5 aromatic carbocycles. The van der Waals surface area contributed by atoms with Gasteiger partial charge in [0, 0.05) is 50.1 Å². The molecule has 4 aromatic heterocycles. The van der Waals surface area contributed by atoms with E-state index < -0.39 is 0 Å². The van der Waals surface area contributed by atoms with E-state index in [-0.39, 0.29) is 0 Å². The van der Waals surface area contributed by atoms with Crippen molar-refractivity contribution in [3.8, 4) is 39.9 Å². The summed E-state index contributed by atoms with van der Waals surface area (Å²) in [5, 5.41) is 4.92. The lowest BCUT2D eigenvalue weighted by molar-refractivity contribution is 0.979. The van der Waals surface area contributed by atoms with Gasteiger partial charge in [0.2, 0.25) is 0 Å². The summed E-state index contributed by atoms with van der Waals surface area (Å²) in [6.07, 6.45) is 12.5. The summed E-state index contributed by atoms with van der Waals surface area (Å²) < 4.78 is 4.78. The van der Waals surface area contributed by atoms with Gasteiger partial charge in [-0.1, -0.05) is 109 Å². The smallest absolute Gasteiger partial charge is 0.165 e. The second-order valence-corrected chi connectivity index (χ2v) is 12.7. The molecule has 4 heterocycles. The van der Waals surface area contributed by atoms with Crippen LogP contribution in [0.3, 0.4) is 0 Å². The maximum Gasteiger partial charge on any atom is 0.165 e. The van der Waals surface area contributed by atoms with Crippen LogP contribution < -0.4 is 0 Å². The number of aromatic nitrogens is 6. The molecule has 9 aromatic rings. The lowest BCUT2D eigenvalue weighted by Crippen LogP contribution is -2.02. The Hall–Kier alpha value is -6.66. The monoisotopic (exact) mass is 642 g/mol. The average Bonchev–Trinajstić information content (AvgIpc) is 3.70. The van der Waals surface area contributed by atoms with Gasteiger partial charge in [-0.15, -0.1) is 0 Å². The molecule has 0 bridgehead atoms. The number of hydrogen-bond donors (Lipinski definition) is 0. The zero-order valence-corrected chi connectivity index (χ0v) is 27.1. The van der Waals surface area contributed by atoms with Gasteiger partial charge >= 0.3 is 0 Å². The van der Waals surface area contributed by atoms with Crippen molar-refractivity contribution in [2.75, 3.05) is 0 Å². The minimum absolute atomic E-state index is 0.577. The Balaban J connectivity index is 1.21. The minimum Gasteiger partial charge on any atom is -0.313 e. The highest BCUT2D eigenvalue weighted by Crippen LogP contribution is 2.40. The normalized spacial score (nSPS) is 13.1.